The fraction of sp³-hybridized carbons (Fsp3) is 0.462. The number of Topliss-reactive ketones (excluding diaryl/α,β-unsaturated/α-hetero) is 1. The number of benzene rings is 1. The first kappa shape index (κ1) is 13.4. The molecule has 0 fully saturated rings. The summed E-state index contributed by atoms with van der Waals surface area (Å²) in [5.74, 6) is 0.299. The van der Waals surface area contributed by atoms with E-state index in [1.165, 1.54) is 5.56 Å². The third kappa shape index (κ3) is 3.72. The third-order valence-corrected chi connectivity index (χ3v) is 3.21. The van der Waals surface area contributed by atoms with E-state index in [1.807, 2.05) is 38.1 Å². The zero-order valence-corrected chi connectivity index (χ0v) is 11.6. The van der Waals surface area contributed by atoms with Gasteiger partial charge in [-0.15, -0.1) is 0 Å². The minimum atomic E-state index is -0.00817. The van der Waals surface area contributed by atoms with Crippen LogP contribution in [0.25, 0.3) is 0 Å². The fourth-order valence-corrected chi connectivity index (χ4v) is 1.93. The van der Waals surface area contributed by atoms with Gasteiger partial charge in [-0.2, -0.15) is 0 Å². The summed E-state index contributed by atoms with van der Waals surface area (Å²) < 4.78 is 1.07. The minimum Gasteiger partial charge on any atom is -0.299 e. The van der Waals surface area contributed by atoms with E-state index in [-0.39, 0.29) is 6.04 Å². The zero-order chi connectivity index (χ0) is 12.1. The molecule has 0 amide bonds. The number of rotatable bonds is 5. The number of nitrogens with zero attached hydrogens (tertiary/aromatic N) is 1. The van der Waals surface area contributed by atoms with Gasteiger partial charge in [0.25, 0.3) is 0 Å². The van der Waals surface area contributed by atoms with Crippen LogP contribution < -0.4 is 0 Å². The second-order valence-corrected chi connectivity index (χ2v) is 5.05. The summed E-state index contributed by atoms with van der Waals surface area (Å²) in [7, 11) is 3.91. The smallest absolute Gasteiger partial charge is 0.150 e. The predicted octanol–water partition coefficient (Wildman–Crippen LogP) is 2.90. The van der Waals surface area contributed by atoms with Crippen LogP contribution in [-0.2, 0) is 11.2 Å². The Morgan fingerprint density at radius 1 is 1.31 bits per heavy atom. The van der Waals surface area contributed by atoms with Crippen molar-refractivity contribution in [1.82, 2.24) is 4.90 Å². The topological polar surface area (TPSA) is 20.3 Å². The van der Waals surface area contributed by atoms with Crippen LogP contribution in [0.5, 0.6) is 0 Å². The molecule has 1 atom stereocenters. The normalized spacial score (nSPS) is 12.8. The van der Waals surface area contributed by atoms with Crippen molar-refractivity contribution in [1.29, 1.82) is 0 Å². The molecule has 88 valence electrons. The van der Waals surface area contributed by atoms with E-state index in [2.05, 4.69) is 28.1 Å². The number of carbonyl (C=O) groups excluding carboxylic acids is 1. The molecular formula is C13H18BrNO. The molecule has 0 N–H and O–H groups in total. The Morgan fingerprint density at radius 2 is 1.88 bits per heavy atom. The maximum Gasteiger partial charge on any atom is 0.150 e. The quantitative estimate of drug-likeness (QED) is 0.828. The molecule has 0 aliphatic heterocycles. The molecule has 0 heterocycles. The molecule has 2 nitrogen and oxygen atoms in total. The van der Waals surface area contributed by atoms with E-state index >= 15 is 0 Å². The van der Waals surface area contributed by atoms with Crippen molar-refractivity contribution in [2.45, 2.75) is 25.8 Å². The van der Waals surface area contributed by atoms with Gasteiger partial charge in [0.05, 0.1) is 6.04 Å². The van der Waals surface area contributed by atoms with Gasteiger partial charge < -0.3 is 0 Å². The summed E-state index contributed by atoms with van der Waals surface area (Å²) >= 11 is 3.41. The van der Waals surface area contributed by atoms with Gasteiger partial charge in [0.2, 0.25) is 0 Å². The number of halogens is 1. The SMILES string of the molecule is CCC(=O)C(Cc1ccc(Br)cc1)N(C)C. The number of hydrogen-bond acceptors (Lipinski definition) is 2. The fourth-order valence-electron chi connectivity index (χ4n) is 1.66. The zero-order valence-electron chi connectivity index (χ0n) is 10.0. The van der Waals surface area contributed by atoms with Crippen LogP contribution in [-0.4, -0.2) is 30.8 Å². The van der Waals surface area contributed by atoms with Crippen LogP contribution in [0.1, 0.15) is 18.9 Å². The van der Waals surface area contributed by atoms with Crippen molar-refractivity contribution >= 4 is 21.7 Å². The molecule has 0 bridgehead atoms. The van der Waals surface area contributed by atoms with Crippen LogP contribution in [0.4, 0.5) is 0 Å². The highest BCUT2D eigenvalue weighted by Crippen LogP contribution is 2.14. The van der Waals surface area contributed by atoms with Crippen molar-refractivity contribution in [3.05, 3.63) is 34.3 Å². The summed E-state index contributed by atoms with van der Waals surface area (Å²) in [6.07, 6.45) is 1.38. The van der Waals surface area contributed by atoms with Gasteiger partial charge in [-0.05, 0) is 38.2 Å². The number of hydrogen-bond donors (Lipinski definition) is 0. The van der Waals surface area contributed by atoms with Crippen LogP contribution in [0, 0.1) is 0 Å². The molecule has 0 aliphatic carbocycles. The monoisotopic (exact) mass is 283 g/mol. The standard InChI is InChI=1S/C13H18BrNO/c1-4-13(16)12(15(2)3)9-10-5-7-11(14)8-6-10/h5-8,12H,4,9H2,1-3H3. The van der Waals surface area contributed by atoms with Crippen molar-refractivity contribution in [2.75, 3.05) is 14.1 Å². The molecule has 0 radical (unpaired) electrons. The van der Waals surface area contributed by atoms with Gasteiger partial charge in [0.1, 0.15) is 5.78 Å². The molecule has 1 aromatic carbocycles. The lowest BCUT2D eigenvalue weighted by molar-refractivity contribution is -0.123. The van der Waals surface area contributed by atoms with E-state index in [1.54, 1.807) is 0 Å². The van der Waals surface area contributed by atoms with Crippen LogP contribution in [0.2, 0.25) is 0 Å². The molecule has 0 spiro atoms. The Kier molecular flexibility index (Phi) is 5.16. The number of likely N-dealkylation sites (N-methyl/N-ethyl adjacent to an activating group) is 1. The number of carbonyl (C=O) groups is 1. The Morgan fingerprint density at radius 3 is 2.31 bits per heavy atom. The van der Waals surface area contributed by atoms with E-state index in [9.17, 15) is 4.79 Å². The highest BCUT2D eigenvalue weighted by molar-refractivity contribution is 9.10. The van der Waals surface area contributed by atoms with Gasteiger partial charge in [0, 0.05) is 10.9 Å². The van der Waals surface area contributed by atoms with E-state index in [0.717, 1.165) is 10.9 Å². The second kappa shape index (κ2) is 6.16. The summed E-state index contributed by atoms with van der Waals surface area (Å²) in [6.45, 7) is 1.92. The van der Waals surface area contributed by atoms with Gasteiger partial charge >= 0.3 is 0 Å². The highest BCUT2D eigenvalue weighted by atomic mass is 79.9. The van der Waals surface area contributed by atoms with Gasteiger partial charge in [-0.3, -0.25) is 9.69 Å². The average molecular weight is 284 g/mol. The first-order valence-electron chi connectivity index (χ1n) is 5.48. The molecule has 16 heavy (non-hydrogen) atoms. The maximum atomic E-state index is 11.8. The van der Waals surface area contributed by atoms with Gasteiger partial charge in [0.15, 0.2) is 0 Å². The molecule has 0 saturated heterocycles. The lowest BCUT2D eigenvalue weighted by Gasteiger charge is -2.22. The Balaban J connectivity index is 2.75. The Labute approximate surface area is 106 Å². The van der Waals surface area contributed by atoms with E-state index in [0.29, 0.717) is 12.2 Å². The van der Waals surface area contributed by atoms with Crippen LogP contribution in [0.15, 0.2) is 28.7 Å². The molecule has 0 saturated carbocycles. The van der Waals surface area contributed by atoms with Gasteiger partial charge in [-0.1, -0.05) is 35.0 Å². The lowest BCUT2D eigenvalue weighted by Crippen LogP contribution is -2.37. The van der Waals surface area contributed by atoms with Crippen molar-refractivity contribution in [2.24, 2.45) is 0 Å². The van der Waals surface area contributed by atoms with Crippen molar-refractivity contribution < 1.29 is 4.79 Å². The minimum absolute atomic E-state index is 0.00817. The summed E-state index contributed by atoms with van der Waals surface area (Å²) in [5, 5.41) is 0. The molecule has 1 unspecified atom stereocenters. The highest BCUT2D eigenvalue weighted by Gasteiger charge is 2.19. The molecule has 1 aromatic rings. The van der Waals surface area contributed by atoms with Crippen molar-refractivity contribution in [3.8, 4) is 0 Å². The average Bonchev–Trinajstić information content (AvgIpc) is 2.27. The van der Waals surface area contributed by atoms with Gasteiger partial charge in [-0.25, -0.2) is 0 Å². The van der Waals surface area contributed by atoms with Crippen molar-refractivity contribution in [3.63, 3.8) is 0 Å². The van der Waals surface area contributed by atoms with E-state index < -0.39 is 0 Å². The summed E-state index contributed by atoms with van der Waals surface area (Å²) in [5.41, 5.74) is 1.20. The van der Waals surface area contributed by atoms with E-state index in [4.69, 9.17) is 0 Å². The number of ketones is 1. The predicted molar refractivity (Wildman–Crippen MR) is 70.6 cm³/mol. The first-order chi connectivity index (χ1) is 7.54. The van der Waals surface area contributed by atoms with Crippen LogP contribution >= 0.6 is 15.9 Å². The Hall–Kier alpha value is -0.670. The maximum absolute atomic E-state index is 11.8. The molecule has 1 rings (SSSR count). The molecule has 0 aromatic heterocycles. The molecule has 0 aliphatic rings. The second-order valence-electron chi connectivity index (χ2n) is 4.13. The molecule has 3 heteroatoms. The summed E-state index contributed by atoms with van der Waals surface area (Å²) in [4.78, 5) is 13.8. The third-order valence-electron chi connectivity index (χ3n) is 2.69. The first-order valence-corrected chi connectivity index (χ1v) is 6.27. The summed E-state index contributed by atoms with van der Waals surface area (Å²) in [6, 6.07) is 8.13. The molecular weight excluding hydrogens is 266 g/mol. The Bertz CT molecular complexity index is 345. The lowest BCUT2D eigenvalue weighted by atomic mass is 10.0. The van der Waals surface area contributed by atoms with Crippen LogP contribution in [0.3, 0.4) is 0 Å². The largest absolute Gasteiger partial charge is 0.299 e.